The van der Waals surface area contributed by atoms with Gasteiger partial charge in [0.2, 0.25) is 0 Å². The largest absolute Gasteiger partial charge is 0.469 e. The van der Waals surface area contributed by atoms with E-state index >= 15 is 0 Å². The minimum absolute atomic E-state index is 0.0509. The SMILES string of the molecule is CC.CC(C)=O.CCc1cccc(C)c1F.COC(=O)CCCC(C)COC(C)=O.Cc1cc(C(C)(C)C)on1. The number of ether oxygens (including phenoxy) is 2. The van der Waals surface area contributed by atoms with Gasteiger partial charge in [0.05, 0.1) is 19.4 Å². The number of carbonyl (C=O) groups is 3. The molecule has 0 bridgehead atoms. The topological polar surface area (TPSA) is 95.7 Å². The molecule has 0 fully saturated rings. The van der Waals surface area contributed by atoms with Crippen molar-refractivity contribution in [3.8, 4) is 0 Å². The highest BCUT2D eigenvalue weighted by molar-refractivity contribution is 5.72. The number of halogens is 1. The number of benzene rings is 1. The van der Waals surface area contributed by atoms with E-state index in [4.69, 9.17) is 9.26 Å². The van der Waals surface area contributed by atoms with Gasteiger partial charge in [-0.1, -0.05) is 71.8 Å². The van der Waals surface area contributed by atoms with Crippen LogP contribution in [0.1, 0.15) is 111 Å². The second-order valence-electron chi connectivity index (χ2n) is 10.3. The van der Waals surface area contributed by atoms with Crippen LogP contribution in [0.4, 0.5) is 4.39 Å². The summed E-state index contributed by atoms with van der Waals surface area (Å²) in [6.07, 6.45) is 2.84. The van der Waals surface area contributed by atoms with Crippen molar-refractivity contribution in [3.63, 3.8) is 0 Å². The molecule has 1 aromatic carbocycles. The monoisotopic (exact) mass is 567 g/mol. The average Bonchev–Trinajstić information content (AvgIpc) is 3.33. The highest BCUT2D eigenvalue weighted by Crippen LogP contribution is 2.22. The Morgan fingerprint density at radius 1 is 1.07 bits per heavy atom. The molecule has 40 heavy (non-hydrogen) atoms. The molecular formula is C32H54FNO6. The van der Waals surface area contributed by atoms with E-state index in [2.05, 4.69) is 30.7 Å². The molecular weight excluding hydrogens is 513 g/mol. The highest BCUT2D eigenvalue weighted by atomic mass is 19.1. The quantitative estimate of drug-likeness (QED) is 0.312. The first-order valence-corrected chi connectivity index (χ1v) is 13.9. The molecule has 1 aromatic heterocycles. The lowest BCUT2D eigenvalue weighted by atomic mass is 9.93. The molecule has 1 atom stereocenters. The number of methoxy groups -OCH3 is 1. The molecule has 0 radical (unpaired) electrons. The molecule has 2 rings (SSSR count). The summed E-state index contributed by atoms with van der Waals surface area (Å²) in [7, 11) is 1.38. The molecule has 1 heterocycles. The third kappa shape index (κ3) is 24.0. The smallest absolute Gasteiger partial charge is 0.305 e. The van der Waals surface area contributed by atoms with Crippen LogP contribution in [0.25, 0.3) is 0 Å². The van der Waals surface area contributed by atoms with Crippen molar-refractivity contribution in [1.29, 1.82) is 0 Å². The average molecular weight is 568 g/mol. The van der Waals surface area contributed by atoms with E-state index < -0.39 is 0 Å². The fraction of sp³-hybridized carbons (Fsp3) is 0.625. The standard InChI is InChI=1S/C10H18O4.C9H11F.C8H13NO.C3H6O.C2H6/c1-8(7-14-9(2)11)5-4-6-10(12)13-3;1-3-8-6-4-5-7(2)9(8)10;1-6-5-7(10-9-6)8(2,3)4;1-3(2)4;1-2/h8H,4-7H2,1-3H3;4-6H,3H2,1-2H3;5H,1-4H3;1-2H3;1-2H3. The molecule has 0 aliphatic carbocycles. The van der Waals surface area contributed by atoms with Crippen LogP contribution in [0.2, 0.25) is 0 Å². The Balaban J connectivity index is -0.000000472. The predicted octanol–water partition coefficient (Wildman–Crippen LogP) is 8.13. The van der Waals surface area contributed by atoms with Crippen LogP contribution in [0.15, 0.2) is 28.8 Å². The summed E-state index contributed by atoms with van der Waals surface area (Å²) in [6, 6.07) is 7.47. The lowest BCUT2D eigenvalue weighted by molar-refractivity contribution is -0.143. The Bertz CT molecular complexity index is 959. The Morgan fingerprint density at radius 2 is 1.62 bits per heavy atom. The van der Waals surface area contributed by atoms with Crippen molar-refractivity contribution in [2.75, 3.05) is 13.7 Å². The van der Waals surface area contributed by atoms with Crippen molar-refractivity contribution < 1.29 is 32.8 Å². The Labute approximate surface area is 242 Å². The van der Waals surface area contributed by atoms with Crippen LogP contribution in [0, 0.1) is 25.6 Å². The van der Waals surface area contributed by atoms with E-state index in [0.29, 0.717) is 18.9 Å². The van der Waals surface area contributed by atoms with Crippen LogP contribution >= 0.6 is 0 Å². The molecule has 2 aromatic rings. The van der Waals surface area contributed by atoms with Gasteiger partial charge in [0.15, 0.2) is 0 Å². The van der Waals surface area contributed by atoms with Gasteiger partial charge in [0.25, 0.3) is 0 Å². The second kappa shape index (κ2) is 23.8. The zero-order valence-corrected chi connectivity index (χ0v) is 27.2. The molecule has 0 spiro atoms. The fourth-order valence-corrected chi connectivity index (χ4v) is 2.74. The van der Waals surface area contributed by atoms with Gasteiger partial charge < -0.3 is 18.8 Å². The van der Waals surface area contributed by atoms with Crippen molar-refractivity contribution in [3.05, 3.63) is 52.7 Å². The molecule has 1 unspecified atom stereocenters. The van der Waals surface area contributed by atoms with Crippen molar-refractivity contribution in [1.82, 2.24) is 5.16 Å². The Kier molecular flexibility index (Phi) is 24.7. The summed E-state index contributed by atoms with van der Waals surface area (Å²) in [4.78, 5) is 30.7. The van der Waals surface area contributed by atoms with E-state index in [9.17, 15) is 18.8 Å². The minimum atomic E-state index is -0.259. The molecule has 0 N–H and O–H groups in total. The number of rotatable bonds is 7. The van der Waals surface area contributed by atoms with Gasteiger partial charge in [-0.2, -0.15) is 0 Å². The first kappa shape index (κ1) is 41.5. The zero-order valence-electron chi connectivity index (χ0n) is 27.2. The lowest BCUT2D eigenvalue weighted by Crippen LogP contribution is -2.10. The van der Waals surface area contributed by atoms with E-state index in [0.717, 1.165) is 41.8 Å². The number of nitrogens with zero attached hydrogens (tertiary/aromatic N) is 1. The van der Waals surface area contributed by atoms with Gasteiger partial charge in [-0.25, -0.2) is 4.39 Å². The van der Waals surface area contributed by atoms with Crippen LogP contribution < -0.4 is 0 Å². The molecule has 0 saturated heterocycles. The van der Waals surface area contributed by atoms with Crippen molar-refractivity contribution >= 4 is 17.7 Å². The van der Waals surface area contributed by atoms with E-state index in [-0.39, 0.29) is 29.0 Å². The molecule has 8 heteroatoms. The summed E-state index contributed by atoms with van der Waals surface area (Å²) in [6.45, 7) is 22.8. The Hall–Kier alpha value is -3.03. The van der Waals surface area contributed by atoms with Gasteiger partial charge in [-0.3, -0.25) is 9.59 Å². The van der Waals surface area contributed by atoms with Crippen molar-refractivity contribution in [2.45, 2.75) is 114 Å². The number of carbonyl (C=O) groups excluding carboxylic acids is 3. The van der Waals surface area contributed by atoms with Gasteiger partial charge in [0.1, 0.15) is 17.4 Å². The maximum atomic E-state index is 13.0. The van der Waals surface area contributed by atoms with Crippen LogP contribution in [-0.2, 0) is 35.7 Å². The number of Topliss-reactive ketones (excluding diaryl/α,β-unsaturated/α-hetero) is 1. The number of aromatic nitrogens is 1. The normalized spacial score (nSPS) is 10.4. The minimum Gasteiger partial charge on any atom is -0.469 e. The van der Waals surface area contributed by atoms with Gasteiger partial charge in [-0.05, 0) is 64.0 Å². The predicted molar refractivity (Wildman–Crippen MR) is 160 cm³/mol. The van der Waals surface area contributed by atoms with Gasteiger partial charge in [-0.15, -0.1) is 0 Å². The lowest BCUT2D eigenvalue weighted by Gasteiger charge is -2.11. The molecule has 0 aliphatic heterocycles. The molecule has 230 valence electrons. The molecule has 0 aliphatic rings. The number of hydrogen-bond acceptors (Lipinski definition) is 7. The molecule has 0 saturated carbocycles. The molecule has 0 amide bonds. The summed E-state index contributed by atoms with van der Waals surface area (Å²) >= 11 is 0. The maximum Gasteiger partial charge on any atom is 0.305 e. The van der Waals surface area contributed by atoms with Crippen molar-refractivity contribution in [2.24, 2.45) is 5.92 Å². The highest BCUT2D eigenvalue weighted by Gasteiger charge is 2.18. The third-order valence-electron chi connectivity index (χ3n) is 4.90. The number of hydrogen-bond donors (Lipinski definition) is 0. The summed E-state index contributed by atoms with van der Waals surface area (Å²) in [5, 5.41) is 3.81. The van der Waals surface area contributed by atoms with E-state index in [1.165, 1.54) is 27.9 Å². The number of aryl methyl sites for hydroxylation is 3. The van der Waals surface area contributed by atoms with Gasteiger partial charge in [0, 0.05) is 24.8 Å². The summed E-state index contributed by atoms with van der Waals surface area (Å²) in [5.74, 6) is 0.910. The first-order valence-electron chi connectivity index (χ1n) is 13.9. The summed E-state index contributed by atoms with van der Waals surface area (Å²) in [5.41, 5.74) is 2.57. The third-order valence-corrected chi connectivity index (χ3v) is 4.90. The second-order valence-corrected chi connectivity index (χ2v) is 10.3. The molecule has 7 nitrogen and oxygen atoms in total. The maximum absolute atomic E-state index is 13.0. The Morgan fingerprint density at radius 3 is 1.98 bits per heavy atom. The fourth-order valence-electron chi connectivity index (χ4n) is 2.74. The van der Waals surface area contributed by atoms with Crippen LogP contribution in [0.5, 0.6) is 0 Å². The van der Waals surface area contributed by atoms with E-state index in [1.54, 1.807) is 13.0 Å². The van der Waals surface area contributed by atoms with E-state index in [1.807, 2.05) is 52.8 Å². The number of ketones is 1. The first-order chi connectivity index (χ1) is 18.5. The van der Waals surface area contributed by atoms with Gasteiger partial charge >= 0.3 is 11.9 Å². The number of esters is 2. The zero-order chi connectivity index (χ0) is 31.9. The van der Waals surface area contributed by atoms with Crippen LogP contribution in [0.3, 0.4) is 0 Å². The van der Waals surface area contributed by atoms with Crippen LogP contribution in [-0.4, -0.2) is 36.6 Å². The summed E-state index contributed by atoms with van der Waals surface area (Å²) < 4.78 is 27.4.